The molecular formula is C22H24N4O5S. The molecule has 2 aromatic rings. The van der Waals surface area contributed by atoms with Crippen molar-refractivity contribution in [3.05, 3.63) is 34.3 Å². The van der Waals surface area contributed by atoms with E-state index in [2.05, 4.69) is 10.3 Å². The first kappa shape index (κ1) is 20.7. The monoisotopic (exact) mass is 456 g/mol. The summed E-state index contributed by atoms with van der Waals surface area (Å²) in [5, 5.41) is 3.37. The maximum atomic E-state index is 13.2. The summed E-state index contributed by atoms with van der Waals surface area (Å²) in [4.78, 5) is 46.8. The Labute approximate surface area is 189 Å². The summed E-state index contributed by atoms with van der Waals surface area (Å²) in [6.45, 7) is 3.92. The van der Waals surface area contributed by atoms with Gasteiger partial charge in [-0.25, -0.2) is 4.98 Å². The molecule has 1 atom stereocenters. The fourth-order valence-corrected chi connectivity index (χ4v) is 5.44. The largest absolute Gasteiger partial charge is 0.454 e. The van der Waals surface area contributed by atoms with Crippen molar-refractivity contribution in [2.45, 2.75) is 32.1 Å². The van der Waals surface area contributed by atoms with Gasteiger partial charge in [0.1, 0.15) is 0 Å². The van der Waals surface area contributed by atoms with Gasteiger partial charge in [-0.1, -0.05) is 0 Å². The van der Waals surface area contributed by atoms with E-state index in [1.54, 1.807) is 30.0 Å². The first-order valence-corrected chi connectivity index (χ1v) is 11.6. The molecule has 0 bridgehead atoms. The summed E-state index contributed by atoms with van der Waals surface area (Å²) in [7, 11) is 0. The minimum atomic E-state index is -0.296. The van der Waals surface area contributed by atoms with E-state index >= 15 is 0 Å². The van der Waals surface area contributed by atoms with Crippen LogP contribution in [0.1, 0.15) is 46.6 Å². The molecule has 1 aromatic carbocycles. The third-order valence-electron chi connectivity index (χ3n) is 6.14. The van der Waals surface area contributed by atoms with Gasteiger partial charge in [-0.15, -0.1) is 11.3 Å². The predicted molar refractivity (Wildman–Crippen MR) is 117 cm³/mol. The summed E-state index contributed by atoms with van der Waals surface area (Å²) in [6.07, 6.45) is 2.52. The van der Waals surface area contributed by atoms with Gasteiger partial charge in [0, 0.05) is 43.5 Å². The number of nitrogens with one attached hydrogen (secondary N) is 1. The summed E-state index contributed by atoms with van der Waals surface area (Å²) in [5.74, 6) is 0.698. The predicted octanol–water partition coefficient (Wildman–Crippen LogP) is 2.23. The lowest BCUT2D eigenvalue weighted by Crippen LogP contribution is -2.51. The number of thiazole rings is 1. The zero-order valence-corrected chi connectivity index (χ0v) is 18.6. The molecule has 3 amide bonds. The molecule has 9 nitrogen and oxygen atoms in total. The van der Waals surface area contributed by atoms with Gasteiger partial charge in [0.25, 0.3) is 5.91 Å². The number of nitrogens with zero attached hydrogens (tertiary/aromatic N) is 3. The highest BCUT2D eigenvalue weighted by molar-refractivity contribution is 7.16. The van der Waals surface area contributed by atoms with Crippen molar-refractivity contribution in [1.29, 1.82) is 0 Å². The molecule has 168 valence electrons. The molecule has 1 aromatic heterocycles. The van der Waals surface area contributed by atoms with E-state index in [1.165, 1.54) is 11.3 Å². The van der Waals surface area contributed by atoms with Crippen LogP contribution >= 0.6 is 11.3 Å². The second-order valence-corrected chi connectivity index (χ2v) is 9.21. The first-order chi connectivity index (χ1) is 15.5. The van der Waals surface area contributed by atoms with Crippen LogP contribution in [0, 0.1) is 0 Å². The van der Waals surface area contributed by atoms with Gasteiger partial charge >= 0.3 is 0 Å². The average Bonchev–Trinajstić information content (AvgIpc) is 3.44. The Morgan fingerprint density at radius 3 is 2.62 bits per heavy atom. The van der Waals surface area contributed by atoms with Crippen LogP contribution in [0.2, 0.25) is 0 Å². The summed E-state index contributed by atoms with van der Waals surface area (Å²) in [5.41, 5.74) is 1.24. The van der Waals surface area contributed by atoms with Crippen LogP contribution in [0.4, 0.5) is 5.13 Å². The van der Waals surface area contributed by atoms with E-state index in [-0.39, 0.29) is 30.4 Å². The zero-order valence-electron chi connectivity index (χ0n) is 17.8. The highest BCUT2D eigenvalue weighted by Gasteiger charge is 2.34. The Bertz CT molecular complexity index is 1080. The average molecular weight is 457 g/mol. The number of piperazine rings is 1. The second kappa shape index (κ2) is 8.42. The molecule has 0 spiro atoms. The number of fused-ring (bicyclic) bond motifs is 2. The fraction of sp³-hybridized carbons (Fsp3) is 0.455. The number of carbonyl (C=O) groups is 3. The summed E-state index contributed by atoms with van der Waals surface area (Å²) in [6, 6.07) is 5.05. The van der Waals surface area contributed by atoms with Gasteiger partial charge in [0.15, 0.2) is 16.6 Å². The zero-order chi connectivity index (χ0) is 22.2. The number of ether oxygens (including phenoxy) is 2. The Hall–Kier alpha value is -3.14. The topological polar surface area (TPSA) is 101 Å². The first-order valence-electron chi connectivity index (χ1n) is 10.7. The van der Waals surface area contributed by atoms with Crippen molar-refractivity contribution in [2.75, 3.05) is 38.3 Å². The minimum Gasteiger partial charge on any atom is -0.454 e. The minimum absolute atomic E-state index is 0.0411. The Balaban J connectivity index is 1.29. The van der Waals surface area contributed by atoms with Crippen molar-refractivity contribution < 1.29 is 23.9 Å². The molecule has 2 aliphatic heterocycles. The normalized spacial score (nSPS) is 19.5. The molecular weight excluding hydrogens is 432 g/mol. The Kier molecular flexibility index (Phi) is 5.46. The number of aromatic nitrogens is 1. The van der Waals surface area contributed by atoms with E-state index in [4.69, 9.17) is 9.47 Å². The van der Waals surface area contributed by atoms with Crippen molar-refractivity contribution in [3.8, 4) is 11.5 Å². The molecule has 3 heterocycles. The molecule has 1 N–H and O–H groups in total. The lowest BCUT2D eigenvalue weighted by atomic mass is 9.89. The van der Waals surface area contributed by atoms with Gasteiger partial charge in [-0.05, 0) is 37.5 Å². The van der Waals surface area contributed by atoms with Gasteiger partial charge in [-0.3, -0.25) is 19.7 Å². The van der Waals surface area contributed by atoms with Crippen LogP contribution in [0.25, 0.3) is 0 Å². The molecule has 1 saturated heterocycles. The lowest BCUT2D eigenvalue weighted by Gasteiger charge is -2.36. The van der Waals surface area contributed by atoms with Crippen molar-refractivity contribution >= 4 is 34.2 Å². The molecule has 32 heavy (non-hydrogen) atoms. The van der Waals surface area contributed by atoms with Gasteiger partial charge in [0.2, 0.25) is 18.6 Å². The number of benzene rings is 1. The number of anilines is 1. The highest BCUT2D eigenvalue weighted by atomic mass is 32.1. The van der Waals surface area contributed by atoms with Gasteiger partial charge in [0.05, 0.1) is 11.6 Å². The summed E-state index contributed by atoms with van der Waals surface area (Å²) < 4.78 is 10.6. The van der Waals surface area contributed by atoms with E-state index in [1.807, 2.05) is 4.90 Å². The molecule has 0 radical (unpaired) electrons. The van der Waals surface area contributed by atoms with E-state index in [0.717, 1.165) is 29.8 Å². The molecule has 1 fully saturated rings. The smallest absolute Gasteiger partial charge is 0.257 e. The number of hydrogen-bond donors (Lipinski definition) is 1. The number of hydrogen-bond acceptors (Lipinski definition) is 7. The standard InChI is InChI=1S/C22H24N4O5S/c1-13(27)25-7-9-26(10-8-25)21(29)15-3-2-4-18-19(15)23-22(32-18)24-20(28)14-5-6-16-17(11-14)31-12-30-16/h5-6,11,15H,2-4,7-10,12H2,1H3,(H,23,24,28). The quantitative estimate of drug-likeness (QED) is 0.760. The number of carbonyl (C=O) groups excluding carboxylic acids is 3. The second-order valence-electron chi connectivity index (χ2n) is 8.13. The number of rotatable bonds is 3. The van der Waals surface area contributed by atoms with Crippen molar-refractivity contribution in [2.24, 2.45) is 0 Å². The highest BCUT2D eigenvalue weighted by Crippen LogP contribution is 2.38. The van der Waals surface area contributed by atoms with Crippen LogP contribution in [-0.2, 0) is 16.0 Å². The number of aryl methyl sites for hydroxylation is 1. The van der Waals surface area contributed by atoms with E-state index < -0.39 is 0 Å². The maximum Gasteiger partial charge on any atom is 0.257 e. The van der Waals surface area contributed by atoms with Gasteiger partial charge < -0.3 is 19.3 Å². The number of amides is 3. The van der Waals surface area contributed by atoms with Crippen LogP contribution in [0.5, 0.6) is 11.5 Å². The van der Waals surface area contributed by atoms with E-state index in [0.29, 0.717) is 48.4 Å². The Morgan fingerprint density at radius 1 is 1.09 bits per heavy atom. The molecule has 10 heteroatoms. The molecule has 1 unspecified atom stereocenters. The maximum absolute atomic E-state index is 13.2. The van der Waals surface area contributed by atoms with Crippen molar-refractivity contribution in [1.82, 2.24) is 14.8 Å². The van der Waals surface area contributed by atoms with E-state index in [9.17, 15) is 14.4 Å². The van der Waals surface area contributed by atoms with Crippen LogP contribution in [0.3, 0.4) is 0 Å². The van der Waals surface area contributed by atoms with Crippen LogP contribution < -0.4 is 14.8 Å². The molecule has 3 aliphatic rings. The Morgan fingerprint density at radius 2 is 1.84 bits per heavy atom. The van der Waals surface area contributed by atoms with Crippen LogP contribution in [0.15, 0.2) is 18.2 Å². The lowest BCUT2D eigenvalue weighted by molar-refractivity contribution is -0.139. The van der Waals surface area contributed by atoms with Gasteiger partial charge in [-0.2, -0.15) is 0 Å². The third kappa shape index (κ3) is 3.90. The fourth-order valence-electron chi connectivity index (χ4n) is 4.38. The SMILES string of the molecule is CC(=O)N1CCN(C(=O)C2CCCc3sc(NC(=O)c4ccc5c(c4)OCO5)nc32)CC1. The molecule has 0 saturated carbocycles. The van der Waals surface area contributed by atoms with Crippen molar-refractivity contribution in [3.63, 3.8) is 0 Å². The van der Waals surface area contributed by atoms with Crippen LogP contribution in [-0.4, -0.2) is 65.5 Å². The molecule has 5 rings (SSSR count). The third-order valence-corrected chi connectivity index (χ3v) is 7.19. The summed E-state index contributed by atoms with van der Waals surface area (Å²) >= 11 is 1.43. The molecule has 1 aliphatic carbocycles.